The molecular formula is C3H6F6N2O4S2. The van der Waals surface area contributed by atoms with Crippen LogP contribution in [0, 0.1) is 0 Å². The summed E-state index contributed by atoms with van der Waals surface area (Å²) < 4.78 is 108. The minimum absolute atomic E-state index is 0.493. The Bertz CT molecular complexity index is 391. The lowest BCUT2D eigenvalue weighted by molar-refractivity contribution is -0.0476. The molecule has 3 N–H and O–H groups in total. The first-order valence-electron chi connectivity index (χ1n) is 3.19. The largest absolute Gasteiger partial charge is 0.512 e. The highest BCUT2D eigenvalue weighted by molar-refractivity contribution is 8.05. The number of hydrogen-bond donors (Lipinski definition) is 2. The number of nitrogens with two attached hydrogens (primary N) is 1. The van der Waals surface area contributed by atoms with Gasteiger partial charge in [-0.1, -0.05) is 4.13 Å². The summed E-state index contributed by atoms with van der Waals surface area (Å²) in [5.41, 5.74) is -7.80. The summed E-state index contributed by atoms with van der Waals surface area (Å²) in [6.45, 7) is 0. The molecule has 106 valence electrons. The molecule has 0 rings (SSSR count). The smallest absolute Gasteiger partial charge is 0.333 e. The summed E-state index contributed by atoms with van der Waals surface area (Å²) in [4.78, 5) is 0. The predicted octanol–water partition coefficient (Wildman–Crippen LogP) is -0.150. The van der Waals surface area contributed by atoms with Gasteiger partial charge in [0.15, 0.2) is 0 Å². The number of nitrogens with one attached hydrogen (secondary N) is 1. The van der Waals surface area contributed by atoms with Crippen LogP contribution in [0.3, 0.4) is 0 Å². The third kappa shape index (κ3) is 5.05. The summed E-state index contributed by atoms with van der Waals surface area (Å²) >= 11 is 0. The van der Waals surface area contributed by atoms with Gasteiger partial charge in [0.2, 0.25) is 0 Å². The summed E-state index contributed by atoms with van der Waals surface area (Å²) in [6.07, 6.45) is 0. The highest BCUT2D eigenvalue weighted by atomic mass is 32.3. The van der Waals surface area contributed by atoms with Gasteiger partial charge in [0, 0.05) is 0 Å². The van der Waals surface area contributed by atoms with Gasteiger partial charge >= 0.3 is 31.1 Å². The second-order valence-corrected chi connectivity index (χ2v) is 5.59. The Morgan fingerprint density at radius 1 is 0.765 bits per heavy atom. The van der Waals surface area contributed by atoms with Crippen molar-refractivity contribution in [2.75, 3.05) is 7.05 Å². The van der Waals surface area contributed by atoms with E-state index < -0.39 is 35.2 Å². The monoisotopic (exact) mass is 312 g/mol. The molecule has 0 saturated carbocycles. The maximum atomic E-state index is 11.5. The Morgan fingerprint density at radius 3 is 1.06 bits per heavy atom. The fraction of sp³-hybridized carbons (Fsp3) is 1.00. The van der Waals surface area contributed by atoms with Crippen molar-refractivity contribution in [3.8, 4) is 0 Å². The normalized spacial score (nSPS) is 13.9. The zero-order chi connectivity index (χ0) is 14.7. The SMILES string of the molecule is CN.O=S(=O)(NS(=O)(=O)C(F)(F)F)C(F)(F)F. The lowest BCUT2D eigenvalue weighted by Crippen LogP contribution is -2.45. The molecule has 0 aromatic carbocycles. The average molecular weight is 312 g/mol. The van der Waals surface area contributed by atoms with Crippen molar-refractivity contribution in [1.82, 2.24) is 4.13 Å². The van der Waals surface area contributed by atoms with Crippen LogP contribution in [0.5, 0.6) is 0 Å². The Labute approximate surface area is 91.9 Å². The average Bonchev–Trinajstić information content (AvgIpc) is 2.01. The number of halogens is 6. The third-order valence-electron chi connectivity index (χ3n) is 0.829. The molecule has 0 fully saturated rings. The lowest BCUT2D eigenvalue weighted by Gasteiger charge is -2.11. The van der Waals surface area contributed by atoms with E-state index in [1.54, 1.807) is 0 Å². The molecular weight excluding hydrogens is 306 g/mol. The maximum absolute atomic E-state index is 11.5. The lowest BCUT2D eigenvalue weighted by atomic mass is 11.6. The summed E-state index contributed by atoms with van der Waals surface area (Å²) in [7, 11) is -11.7. The van der Waals surface area contributed by atoms with Crippen LogP contribution in [-0.4, -0.2) is 34.9 Å². The quantitative estimate of drug-likeness (QED) is 0.690. The van der Waals surface area contributed by atoms with Crippen molar-refractivity contribution in [2.24, 2.45) is 5.73 Å². The van der Waals surface area contributed by atoms with Crippen LogP contribution in [0.1, 0.15) is 0 Å². The van der Waals surface area contributed by atoms with Crippen LogP contribution in [0.25, 0.3) is 0 Å². The van der Waals surface area contributed by atoms with E-state index in [-0.39, 0.29) is 0 Å². The second-order valence-electron chi connectivity index (χ2n) is 1.98. The number of sulfonamides is 2. The van der Waals surface area contributed by atoms with E-state index in [2.05, 4.69) is 5.73 Å². The number of alkyl halides is 6. The highest BCUT2D eigenvalue weighted by Gasteiger charge is 2.55. The predicted molar refractivity (Wildman–Crippen MR) is 43.2 cm³/mol. The van der Waals surface area contributed by atoms with Gasteiger partial charge < -0.3 is 5.73 Å². The van der Waals surface area contributed by atoms with Gasteiger partial charge in [0.1, 0.15) is 0 Å². The van der Waals surface area contributed by atoms with E-state index in [0.29, 0.717) is 0 Å². The van der Waals surface area contributed by atoms with Gasteiger partial charge in [-0.3, -0.25) is 0 Å². The third-order valence-corrected chi connectivity index (χ3v) is 3.80. The van der Waals surface area contributed by atoms with Crippen molar-refractivity contribution in [2.45, 2.75) is 11.0 Å². The molecule has 0 heterocycles. The zero-order valence-corrected chi connectivity index (χ0v) is 9.43. The molecule has 0 atom stereocenters. The van der Waals surface area contributed by atoms with Crippen LogP contribution in [0.2, 0.25) is 0 Å². The summed E-state index contributed by atoms with van der Waals surface area (Å²) in [6, 6.07) is 0. The first-order chi connectivity index (χ1) is 7.21. The molecule has 0 spiro atoms. The number of hydrogen-bond acceptors (Lipinski definition) is 5. The second kappa shape index (κ2) is 5.36. The van der Waals surface area contributed by atoms with Crippen LogP contribution >= 0.6 is 0 Å². The maximum Gasteiger partial charge on any atom is 0.512 e. The molecule has 0 radical (unpaired) electrons. The molecule has 6 nitrogen and oxygen atoms in total. The van der Waals surface area contributed by atoms with Crippen molar-refractivity contribution >= 4 is 20.0 Å². The highest BCUT2D eigenvalue weighted by Crippen LogP contribution is 2.27. The topological polar surface area (TPSA) is 106 Å². The molecule has 0 aliphatic carbocycles. The molecule has 17 heavy (non-hydrogen) atoms. The molecule has 0 aromatic rings. The minimum atomic E-state index is -6.60. The van der Waals surface area contributed by atoms with E-state index in [0.717, 1.165) is 0 Å². The van der Waals surface area contributed by atoms with Crippen LogP contribution in [-0.2, 0) is 20.0 Å². The fourth-order valence-corrected chi connectivity index (χ4v) is 2.15. The molecule has 0 bridgehead atoms. The van der Waals surface area contributed by atoms with Crippen molar-refractivity contribution in [3.05, 3.63) is 0 Å². The van der Waals surface area contributed by atoms with Gasteiger partial charge in [0.25, 0.3) is 0 Å². The molecule has 0 saturated heterocycles. The van der Waals surface area contributed by atoms with E-state index in [1.165, 1.54) is 7.05 Å². The first kappa shape index (κ1) is 18.8. The zero-order valence-electron chi connectivity index (χ0n) is 7.79. The number of rotatable bonds is 2. The van der Waals surface area contributed by atoms with Crippen molar-refractivity contribution in [1.29, 1.82) is 0 Å². The Kier molecular flexibility index (Phi) is 5.92. The van der Waals surface area contributed by atoms with E-state index >= 15 is 0 Å². The molecule has 0 aliphatic rings. The van der Waals surface area contributed by atoms with Gasteiger partial charge in [-0.2, -0.15) is 26.3 Å². The molecule has 14 heteroatoms. The van der Waals surface area contributed by atoms with E-state index in [9.17, 15) is 43.2 Å². The molecule has 0 aromatic heterocycles. The van der Waals surface area contributed by atoms with Gasteiger partial charge in [0.05, 0.1) is 0 Å². The van der Waals surface area contributed by atoms with Crippen molar-refractivity contribution < 1.29 is 43.2 Å². The van der Waals surface area contributed by atoms with Gasteiger partial charge in [-0.25, -0.2) is 16.8 Å². The van der Waals surface area contributed by atoms with Gasteiger partial charge in [-0.15, -0.1) is 0 Å². The van der Waals surface area contributed by atoms with Crippen LogP contribution < -0.4 is 9.86 Å². The first-order valence-corrected chi connectivity index (χ1v) is 6.16. The van der Waals surface area contributed by atoms with Crippen LogP contribution in [0.15, 0.2) is 0 Å². The molecule has 0 aliphatic heterocycles. The van der Waals surface area contributed by atoms with E-state index in [4.69, 9.17) is 0 Å². The standard InChI is InChI=1S/C2HF6NO4S2.CH5N/c3-1(4,5)14(10,11)9-15(12,13)2(6,7)8;1-2/h9H;2H2,1H3. The Balaban J connectivity index is 0. The summed E-state index contributed by atoms with van der Waals surface area (Å²) in [5.74, 6) is 0. The summed E-state index contributed by atoms with van der Waals surface area (Å²) in [5, 5.41) is 0. The Morgan fingerprint density at radius 2 is 0.941 bits per heavy atom. The van der Waals surface area contributed by atoms with Crippen LogP contribution in [0.4, 0.5) is 26.3 Å². The molecule has 0 amide bonds. The fourth-order valence-electron chi connectivity index (χ4n) is 0.239. The van der Waals surface area contributed by atoms with Gasteiger partial charge in [-0.05, 0) is 7.05 Å². The van der Waals surface area contributed by atoms with E-state index in [1.807, 2.05) is 0 Å². The Hall–Kier alpha value is -0.600. The van der Waals surface area contributed by atoms with Crippen molar-refractivity contribution in [3.63, 3.8) is 0 Å². The molecule has 0 unspecified atom stereocenters. The minimum Gasteiger partial charge on any atom is -0.333 e.